The second-order valence-electron chi connectivity index (χ2n) is 5.61. The summed E-state index contributed by atoms with van der Waals surface area (Å²) < 4.78 is 1.92. The lowest BCUT2D eigenvalue weighted by molar-refractivity contribution is -0.121. The molecule has 5 nitrogen and oxygen atoms in total. The lowest BCUT2D eigenvalue weighted by atomic mass is 10.1. The summed E-state index contributed by atoms with van der Waals surface area (Å²) in [7, 11) is 0. The van der Waals surface area contributed by atoms with E-state index in [2.05, 4.69) is 10.4 Å². The molecule has 1 heterocycles. The van der Waals surface area contributed by atoms with Crippen molar-refractivity contribution in [1.29, 1.82) is 0 Å². The summed E-state index contributed by atoms with van der Waals surface area (Å²) in [4.78, 5) is 11.7. The SMILES string of the molecule is Cc1cc(C)n(-c2ccc(C(C)NC(=O)CCCN)cc2)n1. The van der Waals surface area contributed by atoms with Gasteiger partial charge in [-0.05, 0) is 57.5 Å². The molecule has 2 aromatic rings. The average molecular weight is 300 g/mol. The molecule has 0 spiro atoms. The van der Waals surface area contributed by atoms with Gasteiger partial charge in [-0.2, -0.15) is 5.10 Å². The molecule has 3 N–H and O–H groups in total. The fraction of sp³-hybridized carbons (Fsp3) is 0.412. The largest absolute Gasteiger partial charge is 0.350 e. The average Bonchev–Trinajstić information content (AvgIpc) is 2.84. The summed E-state index contributed by atoms with van der Waals surface area (Å²) in [5, 5.41) is 7.46. The van der Waals surface area contributed by atoms with Crippen LogP contribution in [0.1, 0.15) is 42.8 Å². The van der Waals surface area contributed by atoms with E-state index in [4.69, 9.17) is 5.73 Å². The molecule has 0 aliphatic rings. The Kier molecular flexibility index (Phi) is 5.33. The van der Waals surface area contributed by atoms with Crippen molar-refractivity contribution < 1.29 is 4.79 Å². The predicted molar refractivity (Wildman–Crippen MR) is 87.9 cm³/mol. The maximum absolute atomic E-state index is 11.7. The molecule has 0 saturated carbocycles. The van der Waals surface area contributed by atoms with E-state index in [1.807, 2.05) is 55.8 Å². The molecule has 0 radical (unpaired) electrons. The van der Waals surface area contributed by atoms with Crippen LogP contribution in [0.4, 0.5) is 0 Å². The van der Waals surface area contributed by atoms with Crippen LogP contribution in [-0.4, -0.2) is 22.2 Å². The van der Waals surface area contributed by atoms with Crippen LogP contribution in [0.5, 0.6) is 0 Å². The highest BCUT2D eigenvalue weighted by atomic mass is 16.1. The van der Waals surface area contributed by atoms with Crippen LogP contribution in [0.2, 0.25) is 0 Å². The summed E-state index contributed by atoms with van der Waals surface area (Å²) in [6.07, 6.45) is 1.19. The number of hydrogen-bond donors (Lipinski definition) is 2. The Balaban J connectivity index is 2.05. The summed E-state index contributed by atoms with van der Waals surface area (Å²) in [6.45, 7) is 6.54. The van der Waals surface area contributed by atoms with Gasteiger partial charge in [-0.3, -0.25) is 4.79 Å². The third-order valence-electron chi connectivity index (χ3n) is 3.63. The van der Waals surface area contributed by atoms with Crippen LogP contribution >= 0.6 is 0 Å². The molecule has 1 unspecified atom stereocenters. The van der Waals surface area contributed by atoms with Gasteiger partial charge in [0, 0.05) is 12.1 Å². The topological polar surface area (TPSA) is 72.9 Å². The Hall–Kier alpha value is -2.14. The first-order valence-electron chi connectivity index (χ1n) is 7.64. The van der Waals surface area contributed by atoms with E-state index in [1.165, 1.54) is 0 Å². The van der Waals surface area contributed by atoms with Crippen molar-refractivity contribution in [3.63, 3.8) is 0 Å². The molecular formula is C17H24N4O. The maximum atomic E-state index is 11.7. The molecule has 0 aliphatic heterocycles. The van der Waals surface area contributed by atoms with E-state index in [9.17, 15) is 4.79 Å². The molecule has 1 aromatic heterocycles. The zero-order valence-electron chi connectivity index (χ0n) is 13.5. The molecular weight excluding hydrogens is 276 g/mol. The van der Waals surface area contributed by atoms with Crippen molar-refractivity contribution in [2.45, 2.75) is 39.7 Å². The van der Waals surface area contributed by atoms with Crippen molar-refractivity contribution >= 4 is 5.91 Å². The van der Waals surface area contributed by atoms with Crippen LogP contribution in [0.25, 0.3) is 5.69 Å². The van der Waals surface area contributed by atoms with Crippen LogP contribution in [-0.2, 0) is 4.79 Å². The van der Waals surface area contributed by atoms with Crippen molar-refractivity contribution in [3.8, 4) is 5.69 Å². The number of aromatic nitrogens is 2. The third kappa shape index (κ3) is 3.95. The quantitative estimate of drug-likeness (QED) is 0.860. The molecule has 5 heteroatoms. The van der Waals surface area contributed by atoms with Crippen LogP contribution in [0.3, 0.4) is 0 Å². The first-order valence-corrected chi connectivity index (χ1v) is 7.64. The number of nitrogens with zero attached hydrogens (tertiary/aromatic N) is 2. The molecule has 118 valence electrons. The lowest BCUT2D eigenvalue weighted by Gasteiger charge is -2.15. The minimum absolute atomic E-state index is 0.0141. The molecule has 1 atom stereocenters. The summed E-state index contributed by atoms with van der Waals surface area (Å²) in [5.41, 5.74) is 9.62. The van der Waals surface area contributed by atoms with E-state index in [1.54, 1.807) is 0 Å². The molecule has 0 fully saturated rings. The molecule has 2 rings (SSSR count). The number of rotatable bonds is 6. The molecule has 1 aromatic carbocycles. The minimum Gasteiger partial charge on any atom is -0.350 e. The number of amides is 1. The minimum atomic E-state index is -0.0141. The van der Waals surface area contributed by atoms with Crippen molar-refractivity contribution in [1.82, 2.24) is 15.1 Å². The van der Waals surface area contributed by atoms with Crippen LogP contribution in [0.15, 0.2) is 30.3 Å². The van der Waals surface area contributed by atoms with Crippen LogP contribution < -0.4 is 11.1 Å². The van der Waals surface area contributed by atoms with E-state index in [0.29, 0.717) is 13.0 Å². The second-order valence-corrected chi connectivity index (χ2v) is 5.61. The van der Waals surface area contributed by atoms with Gasteiger partial charge in [-0.25, -0.2) is 4.68 Å². The van der Waals surface area contributed by atoms with Gasteiger partial charge in [0.25, 0.3) is 0 Å². The predicted octanol–water partition coefficient (Wildman–Crippen LogP) is 2.41. The third-order valence-corrected chi connectivity index (χ3v) is 3.63. The standard InChI is InChI=1S/C17H24N4O/c1-12-11-13(2)21(20-12)16-8-6-15(7-9-16)14(3)19-17(22)5-4-10-18/h6-9,11,14H,4-5,10,18H2,1-3H3,(H,19,22). The fourth-order valence-corrected chi connectivity index (χ4v) is 2.45. The van der Waals surface area contributed by atoms with Gasteiger partial charge >= 0.3 is 0 Å². The van der Waals surface area contributed by atoms with E-state index >= 15 is 0 Å². The number of carbonyl (C=O) groups is 1. The number of carbonyl (C=O) groups excluding carboxylic acids is 1. The Morgan fingerprint density at radius 1 is 1.32 bits per heavy atom. The lowest BCUT2D eigenvalue weighted by Crippen LogP contribution is -2.26. The van der Waals surface area contributed by atoms with Gasteiger partial charge in [0.15, 0.2) is 0 Å². The first-order chi connectivity index (χ1) is 10.5. The van der Waals surface area contributed by atoms with Gasteiger partial charge in [0.05, 0.1) is 17.4 Å². The summed E-state index contributed by atoms with van der Waals surface area (Å²) >= 11 is 0. The normalized spacial score (nSPS) is 12.2. The number of hydrogen-bond acceptors (Lipinski definition) is 3. The van der Waals surface area contributed by atoms with E-state index < -0.39 is 0 Å². The van der Waals surface area contributed by atoms with Gasteiger partial charge in [0.1, 0.15) is 0 Å². The Bertz CT molecular complexity index is 631. The van der Waals surface area contributed by atoms with Gasteiger partial charge in [-0.1, -0.05) is 12.1 Å². The van der Waals surface area contributed by atoms with Crippen molar-refractivity contribution in [3.05, 3.63) is 47.3 Å². The Labute approximate surface area is 131 Å². The van der Waals surface area contributed by atoms with E-state index in [0.717, 1.165) is 29.1 Å². The summed E-state index contributed by atoms with van der Waals surface area (Å²) in [5.74, 6) is 0.0422. The van der Waals surface area contributed by atoms with Gasteiger partial charge < -0.3 is 11.1 Å². The summed E-state index contributed by atoms with van der Waals surface area (Å²) in [6, 6.07) is 10.1. The zero-order chi connectivity index (χ0) is 16.1. The monoisotopic (exact) mass is 300 g/mol. The van der Waals surface area contributed by atoms with Crippen molar-refractivity contribution in [2.75, 3.05) is 6.54 Å². The van der Waals surface area contributed by atoms with Crippen molar-refractivity contribution in [2.24, 2.45) is 5.73 Å². The highest BCUT2D eigenvalue weighted by Crippen LogP contribution is 2.17. The van der Waals surface area contributed by atoms with Crippen LogP contribution in [0, 0.1) is 13.8 Å². The highest BCUT2D eigenvalue weighted by Gasteiger charge is 2.10. The second kappa shape index (κ2) is 7.22. The maximum Gasteiger partial charge on any atom is 0.220 e. The molecule has 0 saturated heterocycles. The van der Waals surface area contributed by atoms with Gasteiger partial charge in [-0.15, -0.1) is 0 Å². The number of benzene rings is 1. The molecule has 22 heavy (non-hydrogen) atoms. The Morgan fingerprint density at radius 2 is 2.00 bits per heavy atom. The smallest absolute Gasteiger partial charge is 0.220 e. The number of aryl methyl sites for hydroxylation is 2. The zero-order valence-corrected chi connectivity index (χ0v) is 13.5. The Morgan fingerprint density at radius 3 is 2.55 bits per heavy atom. The highest BCUT2D eigenvalue weighted by molar-refractivity contribution is 5.76. The molecule has 0 aliphatic carbocycles. The van der Waals surface area contributed by atoms with E-state index in [-0.39, 0.29) is 11.9 Å². The number of nitrogens with one attached hydrogen (secondary N) is 1. The van der Waals surface area contributed by atoms with Gasteiger partial charge in [0.2, 0.25) is 5.91 Å². The molecule has 1 amide bonds. The number of nitrogens with two attached hydrogens (primary N) is 1. The first kappa shape index (κ1) is 16.2. The molecule has 0 bridgehead atoms. The fourth-order valence-electron chi connectivity index (χ4n) is 2.45.